The highest BCUT2D eigenvalue weighted by Crippen LogP contribution is 2.12. The summed E-state index contributed by atoms with van der Waals surface area (Å²) in [4.78, 5) is 36.0. The molecule has 0 fully saturated rings. The number of rotatable bonds is 11. The fourth-order valence-electron chi connectivity index (χ4n) is 2.26. The summed E-state index contributed by atoms with van der Waals surface area (Å²) in [6.07, 6.45) is 5.09. The molecule has 0 saturated heterocycles. The van der Waals surface area contributed by atoms with Crippen molar-refractivity contribution in [3.8, 4) is 0 Å². The molecule has 0 radical (unpaired) electrons. The van der Waals surface area contributed by atoms with Crippen LogP contribution in [0.5, 0.6) is 0 Å². The van der Waals surface area contributed by atoms with Crippen molar-refractivity contribution in [3.05, 3.63) is 0 Å². The predicted molar refractivity (Wildman–Crippen MR) is 76.2 cm³/mol. The number of hydrogen-bond acceptors (Lipinski definition) is 4. The molecule has 1 atom stereocenters. The molecular formula is C15H27NO3. The predicted octanol–water partition coefficient (Wildman–Crippen LogP) is 2.39. The van der Waals surface area contributed by atoms with E-state index in [1.54, 1.807) is 4.90 Å². The Labute approximate surface area is 116 Å². The van der Waals surface area contributed by atoms with Gasteiger partial charge in [0.15, 0.2) is 0 Å². The largest absolute Gasteiger partial charge is 0.299 e. The second-order valence-corrected chi connectivity index (χ2v) is 5.28. The highest BCUT2D eigenvalue weighted by molar-refractivity contribution is 5.85. The molecule has 0 aliphatic rings. The summed E-state index contributed by atoms with van der Waals surface area (Å²) in [6.45, 7) is 7.01. The first-order valence-corrected chi connectivity index (χ1v) is 7.11. The molecule has 0 aliphatic heterocycles. The van der Waals surface area contributed by atoms with Gasteiger partial charge in [0, 0.05) is 0 Å². The minimum absolute atomic E-state index is 0.0129. The van der Waals surface area contributed by atoms with Gasteiger partial charge in [-0.15, -0.1) is 0 Å². The van der Waals surface area contributed by atoms with E-state index in [1.807, 2.05) is 0 Å². The first-order chi connectivity index (χ1) is 8.88. The number of unbranched alkanes of at least 4 members (excludes halogenated alkanes) is 3. The van der Waals surface area contributed by atoms with Crippen molar-refractivity contribution in [2.75, 3.05) is 13.1 Å². The first kappa shape index (κ1) is 18.0. The van der Waals surface area contributed by atoms with E-state index in [2.05, 4.69) is 6.92 Å². The average Bonchev–Trinajstić information content (AvgIpc) is 2.26. The van der Waals surface area contributed by atoms with Gasteiger partial charge < -0.3 is 0 Å². The van der Waals surface area contributed by atoms with Gasteiger partial charge in [0.25, 0.3) is 0 Å². The lowest BCUT2D eigenvalue weighted by molar-refractivity contribution is -0.127. The number of ketones is 3. The normalized spacial score (nSPS) is 12.5. The van der Waals surface area contributed by atoms with Gasteiger partial charge in [-0.05, 0) is 27.2 Å². The average molecular weight is 269 g/mol. The Balaban J connectivity index is 4.59. The molecule has 0 rings (SSSR count). The molecule has 1 unspecified atom stereocenters. The molecule has 0 spiro atoms. The van der Waals surface area contributed by atoms with E-state index < -0.39 is 0 Å². The first-order valence-electron chi connectivity index (χ1n) is 7.11. The van der Waals surface area contributed by atoms with E-state index >= 15 is 0 Å². The standard InChI is InChI=1S/C15H27NO3/c1-5-6-7-8-9-15(14(4)19)16(10-12(2)17)11-13(3)18/h15H,5-11H2,1-4H3. The fraction of sp³-hybridized carbons (Fsp3) is 0.800. The molecule has 0 saturated carbocycles. The Bertz CT molecular complexity index is 297. The van der Waals surface area contributed by atoms with E-state index in [1.165, 1.54) is 20.8 Å². The summed E-state index contributed by atoms with van der Waals surface area (Å²) >= 11 is 0. The van der Waals surface area contributed by atoms with Crippen LogP contribution in [-0.2, 0) is 14.4 Å². The highest BCUT2D eigenvalue weighted by atomic mass is 16.1. The Morgan fingerprint density at radius 2 is 1.42 bits per heavy atom. The third-order valence-corrected chi connectivity index (χ3v) is 3.09. The van der Waals surface area contributed by atoms with Gasteiger partial charge in [-0.2, -0.15) is 0 Å². The lowest BCUT2D eigenvalue weighted by atomic mass is 10.0. The van der Waals surface area contributed by atoms with Crippen LogP contribution in [0.25, 0.3) is 0 Å². The molecule has 110 valence electrons. The van der Waals surface area contributed by atoms with Crippen LogP contribution in [0, 0.1) is 0 Å². The molecule has 4 nitrogen and oxygen atoms in total. The quantitative estimate of drug-likeness (QED) is 0.540. The lowest BCUT2D eigenvalue weighted by Crippen LogP contribution is -2.45. The van der Waals surface area contributed by atoms with Crippen LogP contribution in [0.4, 0.5) is 0 Å². The summed E-state index contributed by atoms with van der Waals surface area (Å²) in [7, 11) is 0. The molecule has 0 aromatic heterocycles. The molecular weight excluding hydrogens is 242 g/mol. The van der Waals surface area contributed by atoms with Gasteiger partial charge in [0.05, 0.1) is 19.1 Å². The molecule has 4 heteroatoms. The van der Waals surface area contributed by atoms with Gasteiger partial charge >= 0.3 is 0 Å². The fourth-order valence-corrected chi connectivity index (χ4v) is 2.26. The van der Waals surface area contributed by atoms with Crippen molar-refractivity contribution in [1.29, 1.82) is 0 Å². The highest BCUT2D eigenvalue weighted by Gasteiger charge is 2.24. The molecule has 0 aromatic carbocycles. The van der Waals surface area contributed by atoms with Gasteiger partial charge in [-0.25, -0.2) is 0 Å². The van der Waals surface area contributed by atoms with Gasteiger partial charge in [-0.1, -0.05) is 32.6 Å². The van der Waals surface area contributed by atoms with Crippen molar-refractivity contribution < 1.29 is 14.4 Å². The lowest BCUT2D eigenvalue weighted by Gasteiger charge is -2.28. The Morgan fingerprint density at radius 1 is 0.895 bits per heavy atom. The SMILES string of the molecule is CCCCCCC(C(C)=O)N(CC(C)=O)CC(C)=O. The number of nitrogens with zero attached hydrogens (tertiary/aromatic N) is 1. The second kappa shape index (κ2) is 9.84. The zero-order valence-electron chi connectivity index (χ0n) is 12.7. The van der Waals surface area contributed by atoms with E-state index in [0.29, 0.717) is 0 Å². The van der Waals surface area contributed by atoms with Gasteiger partial charge in [0.1, 0.15) is 17.3 Å². The van der Waals surface area contributed by atoms with Crippen LogP contribution in [0.1, 0.15) is 59.8 Å². The van der Waals surface area contributed by atoms with E-state index in [0.717, 1.165) is 32.1 Å². The van der Waals surface area contributed by atoms with Crippen molar-refractivity contribution in [2.45, 2.75) is 65.8 Å². The molecule has 0 aromatic rings. The minimum Gasteiger partial charge on any atom is -0.299 e. The number of hydrogen-bond donors (Lipinski definition) is 0. The third-order valence-electron chi connectivity index (χ3n) is 3.09. The Morgan fingerprint density at radius 3 is 1.79 bits per heavy atom. The molecule has 0 heterocycles. The summed E-state index contributed by atoms with van der Waals surface area (Å²) in [5.74, 6) is 0.0149. The zero-order valence-corrected chi connectivity index (χ0v) is 12.7. The molecule has 0 bridgehead atoms. The second-order valence-electron chi connectivity index (χ2n) is 5.28. The summed E-state index contributed by atoms with van der Waals surface area (Å²) in [6, 6.07) is -0.301. The van der Waals surface area contributed by atoms with Crippen LogP contribution in [0.15, 0.2) is 0 Å². The van der Waals surface area contributed by atoms with Crippen LogP contribution < -0.4 is 0 Å². The monoisotopic (exact) mass is 269 g/mol. The van der Waals surface area contributed by atoms with Crippen LogP contribution in [-0.4, -0.2) is 41.4 Å². The summed E-state index contributed by atoms with van der Waals surface area (Å²) in [5.41, 5.74) is 0. The molecule has 19 heavy (non-hydrogen) atoms. The summed E-state index contributed by atoms with van der Waals surface area (Å²) < 4.78 is 0. The smallest absolute Gasteiger partial charge is 0.146 e. The maximum Gasteiger partial charge on any atom is 0.146 e. The zero-order chi connectivity index (χ0) is 14.8. The Kier molecular flexibility index (Phi) is 9.31. The minimum atomic E-state index is -0.301. The van der Waals surface area contributed by atoms with Crippen LogP contribution in [0.2, 0.25) is 0 Å². The topological polar surface area (TPSA) is 54.5 Å². The van der Waals surface area contributed by atoms with Crippen LogP contribution in [0.3, 0.4) is 0 Å². The van der Waals surface area contributed by atoms with Crippen molar-refractivity contribution in [1.82, 2.24) is 4.90 Å². The number of carbonyl (C=O) groups excluding carboxylic acids is 3. The maximum absolute atomic E-state index is 11.7. The van der Waals surface area contributed by atoms with E-state index in [4.69, 9.17) is 0 Å². The number of carbonyl (C=O) groups is 3. The summed E-state index contributed by atoms with van der Waals surface area (Å²) in [5, 5.41) is 0. The molecule has 0 N–H and O–H groups in total. The van der Waals surface area contributed by atoms with E-state index in [-0.39, 0.29) is 36.5 Å². The van der Waals surface area contributed by atoms with E-state index in [9.17, 15) is 14.4 Å². The van der Waals surface area contributed by atoms with Gasteiger partial charge in [-0.3, -0.25) is 19.3 Å². The van der Waals surface area contributed by atoms with Crippen molar-refractivity contribution >= 4 is 17.3 Å². The van der Waals surface area contributed by atoms with Crippen molar-refractivity contribution in [3.63, 3.8) is 0 Å². The molecule has 0 amide bonds. The molecule has 0 aliphatic carbocycles. The maximum atomic E-state index is 11.7. The Hall–Kier alpha value is -1.03. The van der Waals surface area contributed by atoms with Crippen LogP contribution >= 0.6 is 0 Å². The van der Waals surface area contributed by atoms with Gasteiger partial charge in [0.2, 0.25) is 0 Å². The number of Topliss-reactive ketones (excluding diaryl/α,β-unsaturated/α-hetero) is 3. The third kappa shape index (κ3) is 8.65. The van der Waals surface area contributed by atoms with Crippen molar-refractivity contribution in [2.24, 2.45) is 0 Å².